The van der Waals surface area contributed by atoms with Crippen LogP contribution in [0.25, 0.3) is 0 Å². The number of ether oxygens (including phenoxy) is 1. The Labute approximate surface area is 121 Å². The highest BCUT2D eigenvalue weighted by atomic mass is 16.5. The molecule has 0 rings (SSSR count). The van der Waals surface area contributed by atoms with E-state index in [1.807, 2.05) is 6.92 Å². The fourth-order valence-electron chi connectivity index (χ4n) is 1.68. The molecule has 0 spiro atoms. The number of hydrogen-bond acceptors (Lipinski definition) is 3. The molecule has 0 saturated heterocycles. The molecule has 0 aromatic carbocycles. The summed E-state index contributed by atoms with van der Waals surface area (Å²) >= 11 is 0. The predicted octanol–water partition coefficient (Wildman–Crippen LogP) is 3.39. The molecule has 4 heteroatoms. The highest BCUT2D eigenvalue weighted by Gasteiger charge is 2.20. The van der Waals surface area contributed by atoms with Crippen molar-refractivity contribution in [3.05, 3.63) is 0 Å². The average Bonchev–Trinajstić information content (AvgIpc) is 2.42. The summed E-state index contributed by atoms with van der Waals surface area (Å²) in [7, 11) is 0. The zero-order valence-corrected chi connectivity index (χ0v) is 12.6. The van der Waals surface area contributed by atoms with Gasteiger partial charge in [0, 0.05) is 6.42 Å². The van der Waals surface area contributed by atoms with Gasteiger partial charge in [0.15, 0.2) is 0 Å². The van der Waals surface area contributed by atoms with Gasteiger partial charge in [0.1, 0.15) is 5.92 Å². The zero-order chi connectivity index (χ0) is 15.2. The lowest BCUT2D eigenvalue weighted by molar-refractivity contribution is -0.150. The number of carbonyl (C=O) groups is 2. The van der Waals surface area contributed by atoms with Crippen LogP contribution >= 0.6 is 0 Å². The molecule has 1 N–H and O–H groups in total. The third-order valence-corrected chi connectivity index (χ3v) is 2.79. The Hall–Kier alpha value is -1.50. The van der Waals surface area contributed by atoms with E-state index >= 15 is 0 Å². The van der Waals surface area contributed by atoms with Gasteiger partial charge in [-0.15, -0.1) is 5.92 Å². The van der Waals surface area contributed by atoms with E-state index in [1.165, 1.54) is 19.3 Å². The number of carbonyl (C=O) groups excluding carboxylic acids is 1. The second-order valence-electron chi connectivity index (χ2n) is 4.80. The van der Waals surface area contributed by atoms with Gasteiger partial charge in [-0.3, -0.25) is 9.59 Å². The number of carboxylic acids is 1. The Morgan fingerprint density at radius 1 is 1.10 bits per heavy atom. The van der Waals surface area contributed by atoms with E-state index in [0.29, 0.717) is 13.0 Å². The maximum Gasteiger partial charge on any atom is 0.321 e. The van der Waals surface area contributed by atoms with Gasteiger partial charge in [0.05, 0.1) is 13.0 Å². The Morgan fingerprint density at radius 3 is 2.40 bits per heavy atom. The first-order valence-electron chi connectivity index (χ1n) is 7.48. The third-order valence-electron chi connectivity index (χ3n) is 2.79. The second kappa shape index (κ2) is 12.5. The van der Waals surface area contributed by atoms with E-state index in [9.17, 15) is 9.59 Å². The number of aliphatic carboxylic acids is 1. The maximum atomic E-state index is 11.7. The summed E-state index contributed by atoms with van der Waals surface area (Å²) in [6, 6.07) is 0. The summed E-state index contributed by atoms with van der Waals surface area (Å²) in [6.45, 7) is 4.37. The van der Waals surface area contributed by atoms with E-state index in [2.05, 4.69) is 18.8 Å². The van der Waals surface area contributed by atoms with Crippen molar-refractivity contribution in [3.8, 4) is 11.8 Å². The van der Waals surface area contributed by atoms with Gasteiger partial charge >= 0.3 is 11.9 Å². The van der Waals surface area contributed by atoms with Crippen LogP contribution in [0.15, 0.2) is 0 Å². The minimum Gasteiger partial charge on any atom is -0.481 e. The molecule has 0 aliphatic carbocycles. The molecule has 0 aliphatic rings. The SMILES string of the molecule is CCCCCCCC#CC(CC(=O)O)C(=O)OCCC. The normalized spacial score (nSPS) is 11.3. The molecule has 0 heterocycles. The van der Waals surface area contributed by atoms with Gasteiger partial charge in [-0.1, -0.05) is 45.5 Å². The molecular formula is C16H26O4. The second-order valence-corrected chi connectivity index (χ2v) is 4.80. The van der Waals surface area contributed by atoms with Crippen LogP contribution in [0.5, 0.6) is 0 Å². The molecule has 0 fully saturated rings. The Morgan fingerprint density at radius 2 is 1.80 bits per heavy atom. The average molecular weight is 282 g/mol. The summed E-state index contributed by atoms with van der Waals surface area (Å²) in [5, 5.41) is 8.78. The summed E-state index contributed by atoms with van der Waals surface area (Å²) in [5.74, 6) is 3.27. The van der Waals surface area contributed by atoms with Crippen molar-refractivity contribution in [3.63, 3.8) is 0 Å². The van der Waals surface area contributed by atoms with Crippen molar-refractivity contribution in [2.24, 2.45) is 5.92 Å². The lowest BCUT2D eigenvalue weighted by Crippen LogP contribution is -2.20. The molecule has 0 aliphatic heterocycles. The van der Waals surface area contributed by atoms with Crippen LogP contribution in [0.1, 0.15) is 65.2 Å². The fourth-order valence-corrected chi connectivity index (χ4v) is 1.68. The quantitative estimate of drug-likeness (QED) is 0.379. The molecule has 4 nitrogen and oxygen atoms in total. The van der Waals surface area contributed by atoms with Crippen LogP contribution in [-0.2, 0) is 14.3 Å². The van der Waals surface area contributed by atoms with Gasteiger partial charge in [0.25, 0.3) is 0 Å². The number of esters is 1. The summed E-state index contributed by atoms with van der Waals surface area (Å²) in [5.41, 5.74) is 0. The van der Waals surface area contributed by atoms with Crippen LogP contribution in [0.2, 0.25) is 0 Å². The van der Waals surface area contributed by atoms with Crippen molar-refractivity contribution in [1.29, 1.82) is 0 Å². The lowest BCUT2D eigenvalue weighted by Gasteiger charge is -2.07. The molecule has 1 atom stereocenters. The van der Waals surface area contributed by atoms with Crippen molar-refractivity contribution >= 4 is 11.9 Å². The predicted molar refractivity (Wildman–Crippen MR) is 78.1 cm³/mol. The Bertz CT molecular complexity index is 338. The highest BCUT2D eigenvalue weighted by molar-refractivity contribution is 5.81. The Kier molecular flexibility index (Phi) is 11.6. The molecule has 0 aromatic rings. The van der Waals surface area contributed by atoms with Crippen LogP contribution < -0.4 is 0 Å². The van der Waals surface area contributed by atoms with Gasteiger partial charge in [-0.25, -0.2) is 0 Å². The van der Waals surface area contributed by atoms with Crippen LogP contribution in [0.3, 0.4) is 0 Å². The number of rotatable bonds is 10. The molecule has 0 bridgehead atoms. The Balaban J connectivity index is 4.15. The van der Waals surface area contributed by atoms with Crippen molar-refractivity contribution < 1.29 is 19.4 Å². The number of hydrogen-bond donors (Lipinski definition) is 1. The lowest BCUT2D eigenvalue weighted by atomic mass is 10.1. The minimum atomic E-state index is -1.03. The zero-order valence-electron chi connectivity index (χ0n) is 12.6. The standard InChI is InChI=1S/C16H26O4/c1-3-5-6-7-8-9-10-11-14(13-15(17)18)16(19)20-12-4-2/h14H,3-9,12-13H2,1-2H3,(H,17,18). The van der Waals surface area contributed by atoms with Gasteiger partial charge < -0.3 is 9.84 Å². The number of carboxylic acid groups (broad SMARTS) is 1. The number of unbranched alkanes of at least 4 members (excludes halogenated alkanes) is 5. The summed E-state index contributed by atoms with van der Waals surface area (Å²) in [6.07, 6.45) is 6.91. The van der Waals surface area contributed by atoms with Crippen LogP contribution in [0, 0.1) is 17.8 Å². The van der Waals surface area contributed by atoms with E-state index < -0.39 is 17.9 Å². The molecule has 114 valence electrons. The summed E-state index contributed by atoms with van der Waals surface area (Å²) in [4.78, 5) is 22.4. The van der Waals surface area contributed by atoms with Crippen LogP contribution in [0.4, 0.5) is 0 Å². The first kappa shape index (κ1) is 18.5. The first-order chi connectivity index (χ1) is 9.61. The molecule has 0 aromatic heterocycles. The molecule has 0 radical (unpaired) electrons. The van der Waals surface area contributed by atoms with Crippen molar-refractivity contribution in [1.82, 2.24) is 0 Å². The van der Waals surface area contributed by atoms with Gasteiger partial charge in [-0.05, 0) is 12.8 Å². The topological polar surface area (TPSA) is 63.6 Å². The van der Waals surface area contributed by atoms with Gasteiger partial charge in [-0.2, -0.15) is 0 Å². The molecular weight excluding hydrogens is 256 g/mol. The third kappa shape index (κ3) is 10.4. The smallest absolute Gasteiger partial charge is 0.321 e. The largest absolute Gasteiger partial charge is 0.481 e. The fraction of sp³-hybridized carbons (Fsp3) is 0.750. The van der Waals surface area contributed by atoms with E-state index in [-0.39, 0.29) is 6.42 Å². The van der Waals surface area contributed by atoms with Gasteiger partial charge in [0.2, 0.25) is 0 Å². The van der Waals surface area contributed by atoms with Crippen molar-refractivity contribution in [2.75, 3.05) is 6.61 Å². The molecule has 20 heavy (non-hydrogen) atoms. The molecule has 0 amide bonds. The maximum absolute atomic E-state index is 11.7. The summed E-state index contributed by atoms with van der Waals surface area (Å²) < 4.78 is 4.96. The van der Waals surface area contributed by atoms with E-state index in [1.54, 1.807) is 0 Å². The molecule has 1 unspecified atom stereocenters. The van der Waals surface area contributed by atoms with E-state index in [4.69, 9.17) is 9.84 Å². The monoisotopic (exact) mass is 282 g/mol. The molecule has 0 saturated carbocycles. The highest BCUT2D eigenvalue weighted by Crippen LogP contribution is 2.07. The van der Waals surface area contributed by atoms with Crippen molar-refractivity contribution in [2.45, 2.75) is 65.2 Å². The first-order valence-corrected chi connectivity index (χ1v) is 7.48. The van der Waals surface area contributed by atoms with Crippen LogP contribution in [-0.4, -0.2) is 23.7 Å². The van der Waals surface area contributed by atoms with E-state index in [0.717, 1.165) is 19.3 Å². The minimum absolute atomic E-state index is 0.286.